The lowest BCUT2D eigenvalue weighted by Crippen LogP contribution is -2.12. The Morgan fingerprint density at radius 2 is 1.85 bits per heavy atom. The van der Waals surface area contributed by atoms with E-state index < -0.39 is 0 Å². The second-order valence-corrected chi connectivity index (χ2v) is 6.76. The fourth-order valence-corrected chi connectivity index (χ4v) is 3.35. The van der Waals surface area contributed by atoms with Crippen LogP contribution in [0.15, 0.2) is 24.3 Å². The van der Waals surface area contributed by atoms with Crippen molar-refractivity contribution in [1.82, 2.24) is 9.61 Å². The molecule has 0 saturated carbocycles. The Labute approximate surface area is 165 Å². The maximum absolute atomic E-state index is 12.0. The Hall–Kier alpha value is -2.93. The first-order chi connectivity index (χ1) is 13.0. The summed E-state index contributed by atoms with van der Waals surface area (Å²) in [6, 6.07) is 11.1. The minimum absolute atomic E-state index is 0.165. The van der Waals surface area contributed by atoms with Gasteiger partial charge in [-0.3, -0.25) is 9.89 Å². The Morgan fingerprint density at radius 3 is 2.44 bits per heavy atom. The van der Waals surface area contributed by atoms with Crippen LogP contribution in [0.1, 0.15) is 37.3 Å². The summed E-state index contributed by atoms with van der Waals surface area (Å²) >= 11 is 12.4. The number of fused-ring (bicyclic) bond motifs is 1. The van der Waals surface area contributed by atoms with Crippen molar-refractivity contribution in [2.45, 2.75) is 26.2 Å². The molecule has 0 aliphatic carbocycles. The number of anilines is 1. The van der Waals surface area contributed by atoms with Crippen LogP contribution in [0.2, 0.25) is 10.2 Å². The van der Waals surface area contributed by atoms with Gasteiger partial charge in [-0.2, -0.15) is 10.5 Å². The van der Waals surface area contributed by atoms with Crippen molar-refractivity contribution in [3.63, 3.8) is 0 Å². The summed E-state index contributed by atoms with van der Waals surface area (Å²) in [5.41, 5.74) is 1.96. The summed E-state index contributed by atoms with van der Waals surface area (Å²) in [6.07, 6.45) is 1.99. The largest absolute Gasteiger partial charge is 0.310 e. The summed E-state index contributed by atoms with van der Waals surface area (Å²) < 4.78 is 1.44. The second-order valence-electron chi connectivity index (χ2n) is 5.97. The van der Waals surface area contributed by atoms with Gasteiger partial charge in [0.2, 0.25) is 5.91 Å². The summed E-state index contributed by atoms with van der Waals surface area (Å²) in [7, 11) is 0. The van der Waals surface area contributed by atoms with E-state index >= 15 is 0 Å². The summed E-state index contributed by atoms with van der Waals surface area (Å²) in [6.45, 7) is 1.99. The van der Waals surface area contributed by atoms with Crippen molar-refractivity contribution < 1.29 is 4.79 Å². The van der Waals surface area contributed by atoms with Crippen LogP contribution >= 0.6 is 23.2 Å². The van der Waals surface area contributed by atoms with Gasteiger partial charge in [-0.1, -0.05) is 48.7 Å². The van der Waals surface area contributed by atoms with E-state index in [1.807, 2.05) is 6.92 Å². The quantitative estimate of drug-likeness (QED) is 0.623. The molecule has 136 valence electrons. The van der Waals surface area contributed by atoms with Crippen LogP contribution in [0.5, 0.6) is 0 Å². The lowest BCUT2D eigenvalue weighted by molar-refractivity contribution is -0.116. The van der Waals surface area contributed by atoms with E-state index in [4.69, 9.17) is 23.2 Å². The van der Waals surface area contributed by atoms with E-state index in [0.717, 1.165) is 12.8 Å². The molecular weight excluding hydrogens is 385 g/mol. The molecule has 27 heavy (non-hydrogen) atoms. The number of hydrogen-bond donors (Lipinski definition) is 2. The van der Waals surface area contributed by atoms with Gasteiger partial charge in [-0.05, 0) is 24.1 Å². The van der Waals surface area contributed by atoms with Crippen LogP contribution in [0.25, 0.3) is 16.6 Å². The maximum Gasteiger partial charge on any atom is 0.225 e. The molecule has 0 fully saturated rings. The molecule has 0 atom stereocenters. The van der Waals surface area contributed by atoms with Crippen LogP contribution in [0.4, 0.5) is 5.82 Å². The number of H-pyrrole nitrogens is 1. The maximum atomic E-state index is 12.0. The first-order valence-electron chi connectivity index (χ1n) is 8.33. The molecule has 2 heterocycles. The molecule has 0 aliphatic heterocycles. The SMILES string of the molecule is CCCCC(=O)Nc1[nH]n2c(Cl)c(-c3ccc(Cl)cc3)c(C#N)c2c1C#N. The number of aromatic amines is 1. The number of benzene rings is 1. The molecular formula is C19H15Cl2N5O. The molecule has 0 radical (unpaired) electrons. The third-order valence-corrected chi connectivity index (χ3v) is 4.81. The van der Waals surface area contributed by atoms with Crippen molar-refractivity contribution in [1.29, 1.82) is 10.5 Å². The van der Waals surface area contributed by atoms with E-state index in [-0.39, 0.29) is 28.0 Å². The summed E-state index contributed by atoms with van der Waals surface area (Å²) in [5.74, 6) is 0.0278. The molecule has 0 spiro atoms. The normalized spacial score (nSPS) is 10.6. The van der Waals surface area contributed by atoms with Crippen molar-refractivity contribution in [3.05, 3.63) is 45.6 Å². The Balaban J connectivity index is 2.15. The van der Waals surface area contributed by atoms with Crippen LogP contribution < -0.4 is 5.32 Å². The molecule has 6 nitrogen and oxygen atoms in total. The highest BCUT2D eigenvalue weighted by molar-refractivity contribution is 6.34. The molecule has 3 rings (SSSR count). The molecule has 3 aromatic rings. The second kappa shape index (κ2) is 7.75. The average Bonchev–Trinajstić information content (AvgIpc) is 3.14. The number of halogens is 2. The first kappa shape index (κ1) is 18.8. The zero-order valence-electron chi connectivity index (χ0n) is 14.4. The summed E-state index contributed by atoms with van der Waals surface area (Å²) in [5, 5.41) is 25.8. The van der Waals surface area contributed by atoms with Crippen LogP contribution in [-0.2, 0) is 4.79 Å². The van der Waals surface area contributed by atoms with Crippen LogP contribution in [0.3, 0.4) is 0 Å². The monoisotopic (exact) mass is 399 g/mol. The molecule has 0 aliphatic rings. The predicted octanol–water partition coefficient (Wildman–Crippen LogP) is 5.11. The molecule has 0 unspecified atom stereocenters. The van der Waals surface area contributed by atoms with Crippen molar-refractivity contribution >= 4 is 40.4 Å². The molecule has 2 N–H and O–H groups in total. The van der Waals surface area contributed by atoms with Gasteiger partial charge in [-0.15, -0.1) is 0 Å². The van der Waals surface area contributed by atoms with Crippen LogP contribution in [-0.4, -0.2) is 15.5 Å². The number of carbonyl (C=O) groups is 1. The number of rotatable bonds is 5. The van der Waals surface area contributed by atoms with Gasteiger partial charge in [0, 0.05) is 17.0 Å². The van der Waals surface area contributed by atoms with E-state index in [1.54, 1.807) is 24.3 Å². The van der Waals surface area contributed by atoms with Gasteiger partial charge < -0.3 is 5.32 Å². The third kappa shape index (κ3) is 3.38. The van der Waals surface area contributed by atoms with Crippen molar-refractivity contribution in [2.75, 3.05) is 5.32 Å². The summed E-state index contributed by atoms with van der Waals surface area (Å²) in [4.78, 5) is 12.0. The standard InChI is InChI=1S/C19H15Cl2N5O/c1-2-3-4-15(27)24-19-14(10-23)17-13(9-22)16(18(21)26(17)25-19)11-5-7-12(20)8-6-11/h5-8,25H,2-4H2,1H3,(H,24,27). The number of nitriles is 2. The first-order valence-corrected chi connectivity index (χ1v) is 9.09. The Bertz CT molecular complexity index is 1100. The highest BCUT2D eigenvalue weighted by Crippen LogP contribution is 2.39. The molecule has 0 saturated heterocycles. The van der Waals surface area contributed by atoms with Crippen LogP contribution in [0, 0.1) is 22.7 Å². The number of unbranched alkanes of at least 4 members (excludes halogenated alkanes) is 1. The molecule has 8 heteroatoms. The number of nitrogens with zero attached hydrogens (tertiary/aromatic N) is 3. The minimum Gasteiger partial charge on any atom is -0.310 e. The topological polar surface area (TPSA) is 96.9 Å². The smallest absolute Gasteiger partial charge is 0.225 e. The van der Waals surface area contributed by atoms with E-state index in [1.165, 1.54) is 4.52 Å². The number of amides is 1. The number of nitrogens with one attached hydrogen (secondary N) is 2. The zero-order chi connectivity index (χ0) is 19.6. The number of aromatic nitrogens is 2. The van der Waals surface area contributed by atoms with Gasteiger partial charge in [-0.25, -0.2) is 4.52 Å². The lowest BCUT2D eigenvalue weighted by Gasteiger charge is -2.04. The van der Waals surface area contributed by atoms with E-state index in [0.29, 0.717) is 28.1 Å². The fourth-order valence-electron chi connectivity index (χ4n) is 2.90. The van der Waals surface area contributed by atoms with Gasteiger partial charge >= 0.3 is 0 Å². The van der Waals surface area contributed by atoms with Gasteiger partial charge in [0.25, 0.3) is 0 Å². The molecule has 2 aromatic heterocycles. The molecule has 1 amide bonds. The van der Waals surface area contributed by atoms with Gasteiger partial charge in [0.15, 0.2) is 0 Å². The highest BCUT2D eigenvalue weighted by Gasteiger charge is 2.25. The third-order valence-electron chi connectivity index (χ3n) is 4.20. The molecule has 0 bridgehead atoms. The van der Waals surface area contributed by atoms with Crippen molar-refractivity contribution in [3.8, 4) is 23.3 Å². The van der Waals surface area contributed by atoms with Gasteiger partial charge in [0.05, 0.1) is 5.56 Å². The fraction of sp³-hybridized carbons (Fsp3) is 0.211. The number of carbonyl (C=O) groups excluding carboxylic acids is 1. The Morgan fingerprint density at radius 1 is 1.19 bits per heavy atom. The van der Waals surface area contributed by atoms with E-state index in [9.17, 15) is 15.3 Å². The molecule has 1 aromatic carbocycles. The van der Waals surface area contributed by atoms with Gasteiger partial charge in [0.1, 0.15) is 34.2 Å². The number of hydrogen-bond acceptors (Lipinski definition) is 3. The average molecular weight is 400 g/mol. The Kier molecular flexibility index (Phi) is 5.41. The van der Waals surface area contributed by atoms with E-state index in [2.05, 4.69) is 22.6 Å². The lowest BCUT2D eigenvalue weighted by atomic mass is 10.0. The zero-order valence-corrected chi connectivity index (χ0v) is 15.9. The highest BCUT2D eigenvalue weighted by atomic mass is 35.5. The van der Waals surface area contributed by atoms with Crippen molar-refractivity contribution in [2.24, 2.45) is 0 Å². The minimum atomic E-state index is -0.203. The predicted molar refractivity (Wildman–Crippen MR) is 105 cm³/mol.